The van der Waals surface area contributed by atoms with Crippen LogP contribution in [0.4, 0.5) is 0 Å². The Hall–Kier alpha value is -0.970. The minimum absolute atomic E-state index is 0.0587. The van der Waals surface area contributed by atoms with Crippen molar-refractivity contribution in [2.75, 3.05) is 11.5 Å². The Bertz CT molecular complexity index is 748. The van der Waals surface area contributed by atoms with Crippen LogP contribution in [0.3, 0.4) is 0 Å². The van der Waals surface area contributed by atoms with E-state index in [9.17, 15) is 21.6 Å². The van der Waals surface area contributed by atoms with Crippen LogP contribution in [0.1, 0.15) is 23.7 Å². The summed E-state index contributed by atoms with van der Waals surface area (Å²) in [6, 6.07) is 1.06. The van der Waals surface area contributed by atoms with Gasteiger partial charge in [0, 0.05) is 10.9 Å². The fourth-order valence-corrected chi connectivity index (χ4v) is 6.81. The third-order valence-electron chi connectivity index (χ3n) is 2.97. The minimum atomic E-state index is -3.92. The van der Waals surface area contributed by atoms with Crippen LogP contribution in [0, 0.1) is 0 Å². The zero-order valence-electron chi connectivity index (χ0n) is 10.5. The molecule has 1 aromatic rings. The molecule has 0 amide bonds. The lowest BCUT2D eigenvalue weighted by molar-refractivity contribution is 0.0697. The van der Waals surface area contributed by atoms with Gasteiger partial charge in [0.25, 0.3) is 10.0 Å². The van der Waals surface area contributed by atoms with Gasteiger partial charge in [-0.05, 0) is 19.4 Å². The Labute approximate surface area is 120 Å². The van der Waals surface area contributed by atoms with E-state index in [4.69, 9.17) is 5.11 Å². The number of hydrogen-bond acceptors (Lipinski definition) is 6. The van der Waals surface area contributed by atoms with Gasteiger partial charge in [0.15, 0.2) is 9.84 Å². The molecular weight excluding hydrogens is 326 g/mol. The molecule has 1 aromatic heterocycles. The molecule has 1 aliphatic rings. The third kappa shape index (κ3) is 3.19. The molecule has 7 nitrogen and oxygen atoms in total. The molecule has 1 fully saturated rings. The maximum atomic E-state index is 12.2. The van der Waals surface area contributed by atoms with Crippen molar-refractivity contribution in [2.24, 2.45) is 0 Å². The molecule has 0 spiro atoms. The Morgan fingerprint density at radius 3 is 2.60 bits per heavy atom. The lowest BCUT2D eigenvalue weighted by atomic mass is 10.0. The van der Waals surface area contributed by atoms with Gasteiger partial charge in [-0.2, -0.15) is 0 Å². The second kappa shape index (κ2) is 4.79. The van der Waals surface area contributed by atoms with Crippen molar-refractivity contribution in [1.29, 1.82) is 0 Å². The molecule has 0 aromatic carbocycles. The first-order chi connectivity index (χ1) is 9.03. The molecule has 2 rings (SSSR count). The molecule has 0 saturated carbocycles. The van der Waals surface area contributed by atoms with Gasteiger partial charge in [-0.3, -0.25) is 0 Å². The van der Waals surface area contributed by atoms with Crippen molar-refractivity contribution in [3.8, 4) is 0 Å². The first-order valence-electron chi connectivity index (χ1n) is 5.59. The molecule has 10 heteroatoms. The van der Waals surface area contributed by atoms with Gasteiger partial charge >= 0.3 is 5.97 Å². The molecule has 20 heavy (non-hydrogen) atoms. The van der Waals surface area contributed by atoms with Crippen LogP contribution in [-0.4, -0.2) is 45.0 Å². The van der Waals surface area contributed by atoms with E-state index in [2.05, 4.69) is 4.72 Å². The standard InChI is InChI=1S/C10H13NO6S3/c1-10(2-3-19(14,15)6-10)11-20(16,17)8-4-7(5-18-8)9(12)13/h4-5,11H,2-3,6H2,1H3,(H,12,13). The monoisotopic (exact) mass is 339 g/mol. The Balaban J connectivity index is 2.25. The van der Waals surface area contributed by atoms with Crippen LogP contribution < -0.4 is 4.72 Å². The van der Waals surface area contributed by atoms with Crippen LogP contribution in [0.2, 0.25) is 0 Å². The number of thiophene rings is 1. The quantitative estimate of drug-likeness (QED) is 0.815. The Kier molecular flexibility index (Phi) is 3.70. The highest BCUT2D eigenvalue weighted by Crippen LogP contribution is 2.27. The zero-order valence-corrected chi connectivity index (χ0v) is 12.9. The number of carbonyl (C=O) groups is 1. The first kappa shape index (κ1) is 15.4. The maximum absolute atomic E-state index is 12.2. The van der Waals surface area contributed by atoms with Crippen molar-refractivity contribution in [2.45, 2.75) is 23.1 Å². The maximum Gasteiger partial charge on any atom is 0.336 e. The van der Waals surface area contributed by atoms with E-state index in [0.29, 0.717) is 0 Å². The average Bonchev–Trinajstić information content (AvgIpc) is 2.83. The number of carboxylic acids is 1. The van der Waals surface area contributed by atoms with Crippen molar-refractivity contribution in [3.05, 3.63) is 17.0 Å². The summed E-state index contributed by atoms with van der Waals surface area (Å²) >= 11 is 0.786. The molecule has 2 N–H and O–H groups in total. The molecule has 2 heterocycles. The fraction of sp³-hybridized carbons (Fsp3) is 0.500. The van der Waals surface area contributed by atoms with Gasteiger partial charge in [0.2, 0.25) is 0 Å². The molecule has 0 aliphatic carbocycles. The van der Waals surface area contributed by atoms with Crippen LogP contribution in [0.15, 0.2) is 15.7 Å². The van der Waals surface area contributed by atoms with E-state index in [1.54, 1.807) is 0 Å². The SMILES string of the molecule is CC1(NS(=O)(=O)c2cc(C(=O)O)cs2)CCS(=O)(=O)C1. The van der Waals surface area contributed by atoms with E-state index < -0.39 is 31.4 Å². The molecule has 1 atom stereocenters. The van der Waals surface area contributed by atoms with Crippen molar-refractivity contribution < 1.29 is 26.7 Å². The number of aromatic carboxylic acids is 1. The van der Waals surface area contributed by atoms with Crippen LogP contribution in [0.5, 0.6) is 0 Å². The number of carboxylic acid groups (broad SMARTS) is 1. The van der Waals surface area contributed by atoms with Gasteiger partial charge < -0.3 is 5.11 Å². The summed E-state index contributed by atoms with van der Waals surface area (Å²) in [5.74, 6) is -1.52. The molecule has 1 aliphatic heterocycles. The fourth-order valence-electron chi connectivity index (χ4n) is 2.04. The highest BCUT2D eigenvalue weighted by molar-refractivity contribution is 7.92. The summed E-state index contributed by atoms with van der Waals surface area (Å²) < 4.78 is 49.4. The van der Waals surface area contributed by atoms with Crippen LogP contribution in [0.25, 0.3) is 0 Å². The Morgan fingerprint density at radius 1 is 1.50 bits per heavy atom. The van der Waals surface area contributed by atoms with Crippen molar-refractivity contribution in [3.63, 3.8) is 0 Å². The Morgan fingerprint density at radius 2 is 2.15 bits per heavy atom. The van der Waals surface area contributed by atoms with Gasteiger partial charge in [-0.15, -0.1) is 11.3 Å². The lowest BCUT2D eigenvalue weighted by Gasteiger charge is -2.22. The number of rotatable bonds is 4. The number of hydrogen-bond donors (Lipinski definition) is 2. The van der Waals surface area contributed by atoms with E-state index in [1.165, 1.54) is 12.3 Å². The van der Waals surface area contributed by atoms with Gasteiger partial charge in [0.1, 0.15) is 4.21 Å². The van der Waals surface area contributed by atoms with Crippen molar-refractivity contribution in [1.82, 2.24) is 4.72 Å². The van der Waals surface area contributed by atoms with E-state index >= 15 is 0 Å². The molecule has 112 valence electrons. The zero-order chi connectivity index (χ0) is 15.2. The first-order valence-corrected chi connectivity index (χ1v) is 9.78. The topological polar surface area (TPSA) is 118 Å². The van der Waals surface area contributed by atoms with Crippen LogP contribution in [-0.2, 0) is 19.9 Å². The van der Waals surface area contributed by atoms with Gasteiger partial charge in [-0.25, -0.2) is 26.4 Å². The number of sulfone groups is 1. The minimum Gasteiger partial charge on any atom is -0.478 e. The smallest absolute Gasteiger partial charge is 0.336 e. The highest BCUT2D eigenvalue weighted by atomic mass is 32.2. The van der Waals surface area contributed by atoms with E-state index in [-0.39, 0.29) is 27.7 Å². The summed E-state index contributed by atoms with van der Waals surface area (Å²) in [4.78, 5) is 10.7. The molecule has 1 unspecified atom stereocenters. The van der Waals surface area contributed by atoms with Gasteiger partial charge in [0.05, 0.1) is 17.1 Å². The summed E-state index contributed by atoms with van der Waals surface area (Å²) in [6.45, 7) is 1.53. The second-order valence-corrected chi connectivity index (χ2v) is 9.97. The van der Waals surface area contributed by atoms with E-state index in [0.717, 1.165) is 17.4 Å². The summed E-state index contributed by atoms with van der Waals surface area (Å²) in [6.07, 6.45) is 0.200. The molecular formula is C10H13NO6S3. The lowest BCUT2D eigenvalue weighted by Crippen LogP contribution is -2.46. The molecule has 1 saturated heterocycles. The average molecular weight is 339 g/mol. The highest BCUT2D eigenvalue weighted by Gasteiger charge is 2.41. The predicted molar refractivity (Wildman–Crippen MR) is 73.3 cm³/mol. The molecule has 0 bridgehead atoms. The van der Waals surface area contributed by atoms with E-state index in [1.807, 2.05) is 0 Å². The summed E-state index contributed by atoms with van der Waals surface area (Å²) in [5, 5.41) is 10.0. The summed E-state index contributed by atoms with van der Waals surface area (Å²) in [5.41, 5.74) is -1.16. The van der Waals surface area contributed by atoms with Crippen molar-refractivity contribution >= 4 is 37.2 Å². The normalized spacial score (nSPS) is 25.6. The third-order valence-corrected chi connectivity index (χ3v) is 7.95. The number of nitrogens with one attached hydrogen (secondary N) is 1. The number of sulfonamides is 1. The van der Waals surface area contributed by atoms with Crippen LogP contribution >= 0.6 is 11.3 Å². The second-order valence-electron chi connectivity index (χ2n) is 4.97. The molecule has 0 radical (unpaired) electrons. The largest absolute Gasteiger partial charge is 0.478 e. The predicted octanol–water partition coefficient (Wildman–Crippen LogP) is 0.302. The van der Waals surface area contributed by atoms with Gasteiger partial charge in [-0.1, -0.05) is 0 Å². The summed E-state index contributed by atoms with van der Waals surface area (Å²) in [7, 11) is -7.16.